The van der Waals surface area contributed by atoms with Crippen LogP contribution in [0.4, 0.5) is 0 Å². The van der Waals surface area contributed by atoms with Crippen molar-refractivity contribution >= 4 is 29.1 Å². The van der Waals surface area contributed by atoms with Crippen LogP contribution in [0.1, 0.15) is 63.0 Å². The van der Waals surface area contributed by atoms with Gasteiger partial charge in [0.1, 0.15) is 11.5 Å². The lowest BCUT2D eigenvalue weighted by molar-refractivity contribution is -0.139. The number of hydrogen-bond donors (Lipinski definition) is 0. The van der Waals surface area contributed by atoms with Crippen molar-refractivity contribution in [2.45, 2.75) is 51.9 Å². The first-order valence-corrected chi connectivity index (χ1v) is 12.3. The van der Waals surface area contributed by atoms with Gasteiger partial charge >= 0.3 is 5.97 Å². The van der Waals surface area contributed by atoms with Crippen molar-refractivity contribution in [1.29, 1.82) is 0 Å². The summed E-state index contributed by atoms with van der Waals surface area (Å²) in [5.74, 6) is -0.627. The van der Waals surface area contributed by atoms with E-state index in [1.165, 1.54) is 0 Å². The van der Waals surface area contributed by atoms with E-state index in [4.69, 9.17) is 26.1 Å². The minimum atomic E-state index is -0.516. The van der Waals surface area contributed by atoms with E-state index >= 15 is 0 Å². The van der Waals surface area contributed by atoms with Crippen molar-refractivity contribution in [1.82, 2.24) is 0 Å². The van der Waals surface area contributed by atoms with Crippen LogP contribution in [0, 0.1) is 5.92 Å². The molecule has 0 radical (unpaired) electrons. The number of nitrogens with zero attached hydrogens (tertiary/aromatic N) is 1. The standard InChI is InChI=1S/C28H30ClNO4/c1-4-14-34-24-9-7-6-8-21(24)26-25(28(32)33-5-2)17(3)30-22-15-19(16-23(31)27(22)26)18-10-12-20(29)13-11-18/h6-13,19,26-27H,4-5,14-16H2,1-3H3/t19-,26-,27?/m0/s1. The summed E-state index contributed by atoms with van der Waals surface area (Å²) in [6.45, 7) is 6.46. The van der Waals surface area contributed by atoms with E-state index in [9.17, 15) is 9.59 Å². The Labute approximate surface area is 205 Å². The van der Waals surface area contributed by atoms with Crippen molar-refractivity contribution in [3.05, 3.63) is 76.0 Å². The minimum absolute atomic E-state index is 0.0314. The molecule has 1 unspecified atom stereocenters. The fraction of sp³-hybridized carbons (Fsp3) is 0.393. The van der Waals surface area contributed by atoms with Gasteiger partial charge in [0.05, 0.1) is 24.7 Å². The fourth-order valence-corrected chi connectivity index (χ4v) is 5.16. The Morgan fingerprint density at radius 3 is 2.50 bits per heavy atom. The molecular formula is C28H30ClNO4. The lowest BCUT2D eigenvalue weighted by Crippen LogP contribution is -2.41. The number of ether oxygens (including phenoxy) is 2. The van der Waals surface area contributed by atoms with Gasteiger partial charge in [-0.15, -0.1) is 0 Å². The summed E-state index contributed by atoms with van der Waals surface area (Å²) in [4.78, 5) is 31.6. The minimum Gasteiger partial charge on any atom is -0.493 e. The second-order valence-corrected chi connectivity index (χ2v) is 9.22. The fourth-order valence-electron chi connectivity index (χ4n) is 5.04. The van der Waals surface area contributed by atoms with Gasteiger partial charge in [0.25, 0.3) is 0 Å². The number of rotatable bonds is 7. The quantitative estimate of drug-likeness (QED) is 0.439. The van der Waals surface area contributed by atoms with Crippen molar-refractivity contribution in [3.63, 3.8) is 0 Å². The van der Waals surface area contributed by atoms with E-state index in [2.05, 4.69) is 0 Å². The van der Waals surface area contributed by atoms with Crippen LogP contribution in [0.2, 0.25) is 5.02 Å². The molecule has 0 spiro atoms. The van der Waals surface area contributed by atoms with Gasteiger partial charge in [0, 0.05) is 34.3 Å². The number of ketones is 1. The molecular weight excluding hydrogens is 450 g/mol. The number of allylic oxidation sites excluding steroid dienone is 1. The molecule has 5 nitrogen and oxygen atoms in total. The van der Waals surface area contributed by atoms with Crippen LogP contribution in [0.25, 0.3) is 0 Å². The molecule has 2 aromatic rings. The average Bonchev–Trinajstić information content (AvgIpc) is 2.82. The van der Waals surface area contributed by atoms with E-state index in [0.29, 0.717) is 41.5 Å². The molecule has 0 bridgehead atoms. The van der Waals surface area contributed by atoms with Gasteiger partial charge < -0.3 is 9.47 Å². The Balaban J connectivity index is 1.80. The van der Waals surface area contributed by atoms with Gasteiger partial charge in [-0.05, 0) is 56.4 Å². The molecule has 178 valence electrons. The van der Waals surface area contributed by atoms with Gasteiger partial charge in [-0.25, -0.2) is 4.79 Å². The number of Topliss-reactive ketones (excluding diaryl/α,β-unsaturated/α-hetero) is 1. The molecule has 0 saturated heterocycles. The third kappa shape index (κ3) is 4.80. The van der Waals surface area contributed by atoms with Gasteiger partial charge in [0.15, 0.2) is 0 Å². The van der Waals surface area contributed by atoms with Gasteiger partial charge in [-0.1, -0.05) is 48.9 Å². The maximum Gasteiger partial charge on any atom is 0.336 e. The first kappa shape index (κ1) is 24.2. The number of fused-ring (bicyclic) bond motifs is 1. The van der Waals surface area contributed by atoms with E-state index < -0.39 is 17.8 Å². The zero-order valence-corrected chi connectivity index (χ0v) is 20.6. The molecule has 1 fully saturated rings. The summed E-state index contributed by atoms with van der Waals surface area (Å²) >= 11 is 6.07. The maximum atomic E-state index is 13.7. The van der Waals surface area contributed by atoms with E-state index in [1.54, 1.807) is 6.92 Å². The highest BCUT2D eigenvalue weighted by Gasteiger charge is 2.46. The highest BCUT2D eigenvalue weighted by molar-refractivity contribution is 6.30. The van der Waals surface area contributed by atoms with Crippen LogP contribution in [0.15, 0.2) is 64.8 Å². The number of hydrogen-bond acceptors (Lipinski definition) is 5. The number of esters is 1. The molecule has 6 heteroatoms. The lowest BCUT2D eigenvalue weighted by atomic mass is 9.66. The largest absolute Gasteiger partial charge is 0.493 e. The SMILES string of the molecule is CCCOc1ccccc1[C@H]1C(C(=O)OCC)=C(C)N=C2C[C@H](c3ccc(Cl)cc3)CC(=O)C21. The number of benzene rings is 2. The van der Waals surface area contributed by atoms with Crippen LogP contribution in [-0.4, -0.2) is 30.7 Å². The first-order chi connectivity index (χ1) is 16.4. The van der Waals surface area contributed by atoms with Gasteiger partial charge in [-0.2, -0.15) is 0 Å². The van der Waals surface area contributed by atoms with Crippen LogP contribution < -0.4 is 4.74 Å². The average molecular weight is 480 g/mol. The number of carbonyl (C=O) groups excluding carboxylic acids is 2. The summed E-state index contributed by atoms with van der Waals surface area (Å²) in [6.07, 6.45) is 1.89. The highest BCUT2D eigenvalue weighted by atomic mass is 35.5. The molecule has 0 aromatic heterocycles. The summed E-state index contributed by atoms with van der Waals surface area (Å²) in [5, 5.41) is 0.667. The van der Waals surface area contributed by atoms with E-state index in [-0.39, 0.29) is 18.3 Å². The second kappa shape index (κ2) is 10.6. The Bertz CT molecular complexity index is 1140. The number of carbonyl (C=O) groups is 2. The Hall–Kier alpha value is -2.92. The van der Waals surface area contributed by atoms with Crippen molar-refractivity contribution in [2.75, 3.05) is 13.2 Å². The molecule has 1 aliphatic heterocycles. The summed E-state index contributed by atoms with van der Waals surface area (Å²) < 4.78 is 11.5. The molecule has 0 N–H and O–H groups in total. The molecule has 1 aliphatic carbocycles. The number of aliphatic imine (C=N–C) groups is 1. The number of halogens is 1. The molecule has 2 aliphatic rings. The third-order valence-electron chi connectivity index (χ3n) is 6.51. The Morgan fingerprint density at radius 2 is 1.79 bits per heavy atom. The van der Waals surface area contributed by atoms with E-state index in [0.717, 1.165) is 23.3 Å². The number of para-hydroxylation sites is 1. The Morgan fingerprint density at radius 1 is 1.06 bits per heavy atom. The first-order valence-electron chi connectivity index (χ1n) is 11.9. The topological polar surface area (TPSA) is 65.0 Å². The molecule has 1 heterocycles. The predicted molar refractivity (Wildman–Crippen MR) is 134 cm³/mol. The van der Waals surface area contributed by atoms with Crippen molar-refractivity contribution < 1.29 is 19.1 Å². The van der Waals surface area contributed by atoms with Crippen LogP contribution in [0.5, 0.6) is 5.75 Å². The second-order valence-electron chi connectivity index (χ2n) is 8.79. The molecule has 2 aromatic carbocycles. The zero-order chi connectivity index (χ0) is 24.2. The molecule has 1 saturated carbocycles. The summed E-state index contributed by atoms with van der Waals surface area (Å²) in [5.41, 5.74) is 3.76. The normalized spacial score (nSPS) is 22.2. The summed E-state index contributed by atoms with van der Waals surface area (Å²) in [6, 6.07) is 15.3. The third-order valence-corrected chi connectivity index (χ3v) is 6.76. The zero-order valence-electron chi connectivity index (χ0n) is 19.8. The van der Waals surface area contributed by atoms with E-state index in [1.807, 2.05) is 62.4 Å². The summed E-state index contributed by atoms with van der Waals surface area (Å²) in [7, 11) is 0. The van der Waals surface area contributed by atoms with Crippen LogP contribution in [0.3, 0.4) is 0 Å². The maximum absolute atomic E-state index is 13.7. The van der Waals surface area contributed by atoms with Gasteiger partial charge in [-0.3, -0.25) is 9.79 Å². The van der Waals surface area contributed by atoms with Gasteiger partial charge in [0.2, 0.25) is 0 Å². The van der Waals surface area contributed by atoms with Crippen LogP contribution in [-0.2, 0) is 14.3 Å². The monoisotopic (exact) mass is 479 g/mol. The predicted octanol–water partition coefficient (Wildman–Crippen LogP) is 6.27. The van der Waals surface area contributed by atoms with Crippen LogP contribution >= 0.6 is 11.6 Å². The van der Waals surface area contributed by atoms with Crippen molar-refractivity contribution in [3.8, 4) is 5.75 Å². The highest BCUT2D eigenvalue weighted by Crippen LogP contribution is 2.48. The molecule has 0 amide bonds. The molecule has 3 atom stereocenters. The molecule has 34 heavy (non-hydrogen) atoms. The van der Waals surface area contributed by atoms with Crippen molar-refractivity contribution in [2.24, 2.45) is 10.9 Å². The molecule has 4 rings (SSSR count). The Kier molecular flexibility index (Phi) is 7.52. The lowest BCUT2D eigenvalue weighted by Gasteiger charge is -2.38. The smallest absolute Gasteiger partial charge is 0.336 e.